The van der Waals surface area contributed by atoms with E-state index in [0.717, 1.165) is 25.7 Å². The SMILES string of the molecule is NC1CC=C(Cc2ccoc2)CC1. The molecule has 0 fully saturated rings. The van der Waals surface area contributed by atoms with Gasteiger partial charge in [0.15, 0.2) is 0 Å². The van der Waals surface area contributed by atoms with Gasteiger partial charge in [-0.15, -0.1) is 0 Å². The molecule has 1 aromatic rings. The van der Waals surface area contributed by atoms with E-state index in [1.807, 2.05) is 12.3 Å². The Morgan fingerprint density at radius 2 is 2.46 bits per heavy atom. The van der Waals surface area contributed by atoms with Gasteiger partial charge in [0.05, 0.1) is 12.5 Å². The molecule has 2 nitrogen and oxygen atoms in total. The van der Waals surface area contributed by atoms with Gasteiger partial charge in [-0.1, -0.05) is 11.6 Å². The van der Waals surface area contributed by atoms with Crippen LogP contribution in [0.25, 0.3) is 0 Å². The highest BCUT2D eigenvalue weighted by Gasteiger charge is 2.10. The number of hydrogen-bond donors (Lipinski definition) is 1. The fourth-order valence-corrected chi connectivity index (χ4v) is 1.72. The number of furan rings is 1. The second-order valence-corrected chi connectivity index (χ2v) is 3.71. The van der Waals surface area contributed by atoms with Crippen molar-refractivity contribution in [1.29, 1.82) is 0 Å². The van der Waals surface area contributed by atoms with Crippen LogP contribution in [-0.2, 0) is 6.42 Å². The third-order valence-corrected chi connectivity index (χ3v) is 2.56. The molecular formula is C11H15NO. The number of nitrogens with two attached hydrogens (primary N) is 1. The van der Waals surface area contributed by atoms with Crippen molar-refractivity contribution < 1.29 is 4.42 Å². The molecule has 2 heteroatoms. The van der Waals surface area contributed by atoms with E-state index in [2.05, 4.69) is 6.08 Å². The smallest absolute Gasteiger partial charge is 0.0937 e. The van der Waals surface area contributed by atoms with Crippen molar-refractivity contribution in [2.75, 3.05) is 0 Å². The van der Waals surface area contributed by atoms with Crippen molar-refractivity contribution >= 4 is 0 Å². The maximum absolute atomic E-state index is 5.81. The number of hydrogen-bond acceptors (Lipinski definition) is 2. The van der Waals surface area contributed by atoms with Crippen LogP contribution >= 0.6 is 0 Å². The topological polar surface area (TPSA) is 39.2 Å². The molecule has 70 valence electrons. The Hall–Kier alpha value is -1.02. The summed E-state index contributed by atoms with van der Waals surface area (Å²) in [7, 11) is 0. The zero-order valence-corrected chi connectivity index (χ0v) is 7.70. The molecule has 0 saturated carbocycles. The van der Waals surface area contributed by atoms with Gasteiger partial charge in [0.25, 0.3) is 0 Å². The lowest BCUT2D eigenvalue weighted by atomic mass is 9.92. The van der Waals surface area contributed by atoms with E-state index < -0.39 is 0 Å². The molecule has 1 atom stereocenters. The zero-order chi connectivity index (χ0) is 9.10. The first kappa shape index (κ1) is 8.57. The third kappa shape index (κ3) is 2.22. The van der Waals surface area contributed by atoms with Crippen molar-refractivity contribution in [1.82, 2.24) is 0 Å². The minimum absolute atomic E-state index is 0.382. The molecule has 0 aliphatic heterocycles. The summed E-state index contributed by atoms with van der Waals surface area (Å²) in [6.45, 7) is 0. The van der Waals surface area contributed by atoms with Crippen LogP contribution in [0.5, 0.6) is 0 Å². The zero-order valence-electron chi connectivity index (χ0n) is 7.70. The third-order valence-electron chi connectivity index (χ3n) is 2.56. The Morgan fingerprint density at radius 1 is 1.54 bits per heavy atom. The van der Waals surface area contributed by atoms with E-state index in [9.17, 15) is 0 Å². The molecular weight excluding hydrogens is 162 g/mol. The lowest BCUT2D eigenvalue weighted by Crippen LogP contribution is -2.22. The fraction of sp³-hybridized carbons (Fsp3) is 0.455. The van der Waals surface area contributed by atoms with Crippen LogP contribution in [0.1, 0.15) is 24.8 Å². The summed E-state index contributed by atoms with van der Waals surface area (Å²) >= 11 is 0. The molecule has 1 aliphatic carbocycles. The second-order valence-electron chi connectivity index (χ2n) is 3.71. The van der Waals surface area contributed by atoms with Gasteiger partial charge in [-0.25, -0.2) is 0 Å². The van der Waals surface area contributed by atoms with Crippen molar-refractivity contribution in [3.05, 3.63) is 35.8 Å². The molecule has 1 aromatic heterocycles. The largest absolute Gasteiger partial charge is 0.472 e. The van der Waals surface area contributed by atoms with Gasteiger partial charge >= 0.3 is 0 Å². The highest BCUT2D eigenvalue weighted by atomic mass is 16.3. The van der Waals surface area contributed by atoms with Crippen LogP contribution in [0, 0.1) is 0 Å². The molecule has 13 heavy (non-hydrogen) atoms. The second kappa shape index (κ2) is 3.79. The van der Waals surface area contributed by atoms with E-state index >= 15 is 0 Å². The highest BCUT2D eigenvalue weighted by molar-refractivity contribution is 5.19. The van der Waals surface area contributed by atoms with E-state index in [1.54, 1.807) is 6.26 Å². The molecule has 0 amide bonds. The van der Waals surface area contributed by atoms with Gasteiger partial charge in [-0.3, -0.25) is 0 Å². The molecule has 0 spiro atoms. The van der Waals surface area contributed by atoms with Gasteiger partial charge in [0.1, 0.15) is 0 Å². The Bertz CT molecular complexity index is 287. The van der Waals surface area contributed by atoms with Gasteiger partial charge in [0.2, 0.25) is 0 Å². The minimum atomic E-state index is 0.382. The van der Waals surface area contributed by atoms with Crippen molar-refractivity contribution in [2.24, 2.45) is 5.73 Å². The Labute approximate surface area is 78.4 Å². The molecule has 1 unspecified atom stereocenters. The highest BCUT2D eigenvalue weighted by Crippen LogP contribution is 2.20. The Morgan fingerprint density at radius 3 is 3.08 bits per heavy atom. The van der Waals surface area contributed by atoms with E-state index in [-0.39, 0.29) is 0 Å². The monoisotopic (exact) mass is 177 g/mol. The minimum Gasteiger partial charge on any atom is -0.472 e. The first-order valence-corrected chi connectivity index (χ1v) is 4.79. The summed E-state index contributed by atoms with van der Waals surface area (Å²) in [5, 5.41) is 0. The first-order valence-electron chi connectivity index (χ1n) is 4.79. The standard InChI is InChI=1S/C11H15NO/c12-11-3-1-9(2-4-11)7-10-5-6-13-8-10/h1,5-6,8,11H,2-4,7,12H2. The summed E-state index contributed by atoms with van der Waals surface area (Å²) in [5.74, 6) is 0. The van der Waals surface area contributed by atoms with E-state index in [4.69, 9.17) is 10.2 Å². The molecule has 1 aliphatic rings. The molecule has 2 N–H and O–H groups in total. The number of rotatable bonds is 2. The van der Waals surface area contributed by atoms with Crippen molar-refractivity contribution in [2.45, 2.75) is 31.7 Å². The molecule has 2 rings (SSSR count). The average molecular weight is 177 g/mol. The summed E-state index contributed by atoms with van der Waals surface area (Å²) in [4.78, 5) is 0. The summed E-state index contributed by atoms with van der Waals surface area (Å²) in [6, 6.07) is 2.41. The van der Waals surface area contributed by atoms with Gasteiger partial charge in [0, 0.05) is 6.04 Å². The van der Waals surface area contributed by atoms with Crippen molar-refractivity contribution in [3.63, 3.8) is 0 Å². The predicted octanol–water partition coefficient (Wildman–Crippen LogP) is 2.26. The normalized spacial score (nSPS) is 22.8. The van der Waals surface area contributed by atoms with E-state index in [1.165, 1.54) is 11.1 Å². The van der Waals surface area contributed by atoms with Crippen LogP contribution in [0.15, 0.2) is 34.7 Å². The van der Waals surface area contributed by atoms with Gasteiger partial charge < -0.3 is 10.2 Å². The number of allylic oxidation sites excluding steroid dienone is 1. The van der Waals surface area contributed by atoms with Crippen LogP contribution in [0.4, 0.5) is 0 Å². The molecule has 0 radical (unpaired) electrons. The van der Waals surface area contributed by atoms with Crippen LogP contribution in [0.2, 0.25) is 0 Å². The lowest BCUT2D eigenvalue weighted by Gasteiger charge is -2.17. The maximum Gasteiger partial charge on any atom is 0.0937 e. The fourth-order valence-electron chi connectivity index (χ4n) is 1.72. The molecule has 0 aromatic carbocycles. The Balaban J connectivity index is 1.96. The van der Waals surface area contributed by atoms with Crippen LogP contribution in [0.3, 0.4) is 0 Å². The average Bonchev–Trinajstić information content (AvgIpc) is 2.62. The van der Waals surface area contributed by atoms with Crippen LogP contribution < -0.4 is 5.73 Å². The maximum atomic E-state index is 5.81. The first-order chi connectivity index (χ1) is 6.34. The quantitative estimate of drug-likeness (QED) is 0.704. The predicted molar refractivity (Wildman–Crippen MR) is 52.3 cm³/mol. The Kier molecular flexibility index (Phi) is 2.50. The van der Waals surface area contributed by atoms with Crippen LogP contribution in [-0.4, -0.2) is 6.04 Å². The summed E-state index contributed by atoms with van der Waals surface area (Å²) in [6.07, 6.45) is 10.2. The van der Waals surface area contributed by atoms with E-state index in [0.29, 0.717) is 6.04 Å². The summed E-state index contributed by atoms with van der Waals surface area (Å²) < 4.78 is 5.03. The molecule has 0 bridgehead atoms. The van der Waals surface area contributed by atoms with Gasteiger partial charge in [-0.2, -0.15) is 0 Å². The summed E-state index contributed by atoms with van der Waals surface area (Å²) in [5.41, 5.74) is 8.58. The molecule has 0 saturated heterocycles. The molecule has 1 heterocycles. The lowest BCUT2D eigenvalue weighted by molar-refractivity contribution is 0.561. The van der Waals surface area contributed by atoms with Gasteiger partial charge in [-0.05, 0) is 37.3 Å². The van der Waals surface area contributed by atoms with Crippen molar-refractivity contribution in [3.8, 4) is 0 Å².